The molecule has 10 heteroatoms. The third-order valence-electron chi connectivity index (χ3n) is 6.55. The lowest BCUT2D eigenvalue weighted by molar-refractivity contribution is -0.116. The summed E-state index contributed by atoms with van der Waals surface area (Å²) in [4.78, 5) is 40.0. The fourth-order valence-electron chi connectivity index (χ4n) is 4.45. The van der Waals surface area contributed by atoms with Crippen LogP contribution in [0.15, 0.2) is 60.2 Å². The molecule has 0 unspecified atom stereocenters. The lowest BCUT2D eigenvalue weighted by atomic mass is 10.0. The summed E-state index contributed by atoms with van der Waals surface area (Å²) < 4.78 is 0. The summed E-state index contributed by atoms with van der Waals surface area (Å²) in [7, 11) is 0. The molecule has 3 N–H and O–H groups in total. The number of hydrogen-bond acceptors (Lipinski definition) is 4. The number of carbonyl (C=O) groups excluding carboxylic acids is 2. The smallest absolute Gasteiger partial charge is 0.335 e. The second-order valence-corrected chi connectivity index (χ2v) is 10.0. The van der Waals surface area contributed by atoms with E-state index in [1.165, 1.54) is 17.7 Å². The van der Waals surface area contributed by atoms with Gasteiger partial charge in [0.15, 0.2) is 0 Å². The van der Waals surface area contributed by atoms with Crippen LogP contribution in [0.2, 0.25) is 10.0 Å². The van der Waals surface area contributed by atoms with Crippen molar-refractivity contribution < 1.29 is 19.5 Å². The van der Waals surface area contributed by atoms with Crippen LogP contribution in [-0.2, 0) is 4.79 Å². The van der Waals surface area contributed by atoms with Crippen LogP contribution in [0.25, 0.3) is 0 Å². The maximum Gasteiger partial charge on any atom is 0.335 e. The van der Waals surface area contributed by atoms with E-state index in [1.54, 1.807) is 4.90 Å². The Kier molecular flexibility index (Phi) is 9.31. The summed E-state index contributed by atoms with van der Waals surface area (Å²) in [6, 6.07) is 9.86. The van der Waals surface area contributed by atoms with E-state index in [4.69, 9.17) is 28.3 Å². The van der Waals surface area contributed by atoms with Gasteiger partial charge in [-0.3, -0.25) is 4.79 Å². The number of carboxylic acid groups (broad SMARTS) is 1. The summed E-state index contributed by atoms with van der Waals surface area (Å²) in [6.07, 6.45) is 11.0. The van der Waals surface area contributed by atoms with Crippen LogP contribution in [0, 0.1) is 0 Å². The monoisotopic (exact) mass is 556 g/mol. The van der Waals surface area contributed by atoms with Gasteiger partial charge in [0, 0.05) is 44.0 Å². The van der Waals surface area contributed by atoms with E-state index >= 15 is 0 Å². The summed E-state index contributed by atoms with van der Waals surface area (Å²) in [5.74, 6) is -1.14. The Labute approximate surface area is 231 Å². The highest BCUT2D eigenvalue weighted by atomic mass is 35.5. The van der Waals surface area contributed by atoms with Gasteiger partial charge in [0.05, 0.1) is 21.3 Å². The minimum Gasteiger partial charge on any atom is -0.478 e. The molecule has 2 aliphatic rings. The molecule has 1 aliphatic carbocycles. The predicted molar refractivity (Wildman–Crippen MR) is 152 cm³/mol. The summed E-state index contributed by atoms with van der Waals surface area (Å²) in [5, 5.41) is 14.9. The lowest BCUT2D eigenvalue weighted by Crippen LogP contribution is -2.50. The van der Waals surface area contributed by atoms with Crippen molar-refractivity contribution >= 4 is 58.2 Å². The van der Waals surface area contributed by atoms with Gasteiger partial charge < -0.3 is 25.5 Å². The molecule has 1 heterocycles. The number of amides is 3. The number of hydrogen-bond donors (Lipinski definition) is 3. The summed E-state index contributed by atoms with van der Waals surface area (Å²) in [6.45, 7) is 2.22. The molecular weight excluding hydrogens is 527 g/mol. The van der Waals surface area contributed by atoms with Crippen LogP contribution in [0.4, 0.5) is 21.9 Å². The molecule has 0 saturated carbocycles. The fraction of sp³-hybridized carbons (Fsp3) is 0.321. The highest BCUT2D eigenvalue weighted by Gasteiger charge is 2.23. The number of nitrogens with one attached hydrogen (secondary N) is 2. The first-order valence-electron chi connectivity index (χ1n) is 12.6. The number of rotatable bonds is 8. The number of urea groups is 1. The Morgan fingerprint density at radius 3 is 2.21 bits per heavy atom. The normalized spacial score (nSPS) is 15.2. The average molecular weight is 557 g/mol. The van der Waals surface area contributed by atoms with E-state index in [9.17, 15) is 14.4 Å². The molecule has 1 fully saturated rings. The predicted octanol–water partition coefficient (Wildman–Crippen LogP) is 6.43. The molecule has 0 bridgehead atoms. The third kappa shape index (κ3) is 7.30. The van der Waals surface area contributed by atoms with Crippen molar-refractivity contribution in [2.24, 2.45) is 0 Å². The van der Waals surface area contributed by atoms with Gasteiger partial charge >= 0.3 is 12.0 Å². The van der Waals surface area contributed by atoms with E-state index in [-0.39, 0.29) is 33.2 Å². The zero-order valence-electron chi connectivity index (χ0n) is 20.9. The first-order valence-corrected chi connectivity index (χ1v) is 13.3. The molecule has 1 aliphatic heterocycles. The van der Waals surface area contributed by atoms with Crippen molar-refractivity contribution in [3.8, 4) is 0 Å². The van der Waals surface area contributed by atoms with Gasteiger partial charge in [-0.2, -0.15) is 0 Å². The summed E-state index contributed by atoms with van der Waals surface area (Å²) >= 11 is 12.3. The SMILES string of the molecule is O=C(CCCC1=CCCC=C1)Nc1ccc(N2CCN(C(=O)Nc3c(Cl)cc(C(=O)O)cc3Cl)CC2)cc1. The Bertz CT molecular complexity index is 1230. The number of aromatic carboxylic acids is 1. The third-order valence-corrected chi connectivity index (χ3v) is 7.14. The molecule has 2 aromatic rings. The highest BCUT2D eigenvalue weighted by molar-refractivity contribution is 6.40. The molecule has 2 aromatic carbocycles. The van der Waals surface area contributed by atoms with Crippen molar-refractivity contribution in [1.82, 2.24) is 4.90 Å². The van der Waals surface area contributed by atoms with Crippen LogP contribution in [0.5, 0.6) is 0 Å². The molecule has 0 atom stereocenters. The summed E-state index contributed by atoms with van der Waals surface area (Å²) in [5.41, 5.74) is 3.22. The largest absolute Gasteiger partial charge is 0.478 e. The van der Waals surface area contributed by atoms with Gasteiger partial charge in [-0.05, 0) is 62.1 Å². The fourth-order valence-corrected chi connectivity index (χ4v) is 5.04. The van der Waals surface area contributed by atoms with Crippen LogP contribution in [-0.4, -0.2) is 54.1 Å². The Balaban J connectivity index is 1.23. The number of anilines is 3. The van der Waals surface area contributed by atoms with Crippen molar-refractivity contribution in [2.75, 3.05) is 41.7 Å². The van der Waals surface area contributed by atoms with Crippen molar-refractivity contribution in [3.05, 3.63) is 75.8 Å². The molecule has 200 valence electrons. The van der Waals surface area contributed by atoms with Gasteiger partial charge in [-0.1, -0.05) is 47.0 Å². The number of nitrogens with zero attached hydrogens (tertiary/aromatic N) is 2. The maximum absolute atomic E-state index is 12.8. The minimum atomic E-state index is -1.15. The number of piperazine rings is 1. The molecule has 0 radical (unpaired) electrons. The highest BCUT2D eigenvalue weighted by Crippen LogP contribution is 2.32. The van der Waals surface area contributed by atoms with Crippen LogP contribution in [0.3, 0.4) is 0 Å². The first-order chi connectivity index (χ1) is 18.3. The molecular formula is C28H30Cl2N4O4. The molecule has 4 rings (SSSR count). The Morgan fingerprint density at radius 2 is 1.61 bits per heavy atom. The van der Waals surface area contributed by atoms with E-state index in [1.807, 2.05) is 24.3 Å². The Hall–Kier alpha value is -3.49. The number of allylic oxidation sites excluding steroid dienone is 4. The second-order valence-electron chi connectivity index (χ2n) is 9.23. The van der Waals surface area contributed by atoms with Crippen molar-refractivity contribution in [1.29, 1.82) is 0 Å². The van der Waals surface area contributed by atoms with E-state index in [0.717, 1.165) is 37.1 Å². The zero-order valence-corrected chi connectivity index (χ0v) is 22.4. The molecule has 0 aromatic heterocycles. The number of carboxylic acids is 1. The second kappa shape index (κ2) is 12.8. The maximum atomic E-state index is 12.8. The van der Waals surface area contributed by atoms with Crippen LogP contribution in [0.1, 0.15) is 42.5 Å². The van der Waals surface area contributed by atoms with E-state index < -0.39 is 5.97 Å². The van der Waals surface area contributed by atoms with Crippen molar-refractivity contribution in [3.63, 3.8) is 0 Å². The first kappa shape index (κ1) is 27.5. The van der Waals surface area contributed by atoms with Gasteiger partial charge in [-0.25, -0.2) is 9.59 Å². The molecule has 3 amide bonds. The zero-order chi connectivity index (χ0) is 27.1. The van der Waals surface area contributed by atoms with Gasteiger partial charge in [0.2, 0.25) is 5.91 Å². The molecule has 38 heavy (non-hydrogen) atoms. The van der Waals surface area contributed by atoms with Gasteiger partial charge in [-0.15, -0.1) is 0 Å². The number of benzene rings is 2. The van der Waals surface area contributed by atoms with Crippen LogP contribution < -0.4 is 15.5 Å². The lowest BCUT2D eigenvalue weighted by Gasteiger charge is -2.36. The number of carbonyl (C=O) groups is 3. The Morgan fingerprint density at radius 1 is 0.921 bits per heavy atom. The van der Waals surface area contributed by atoms with E-state index in [2.05, 4.69) is 33.8 Å². The number of halogens is 2. The van der Waals surface area contributed by atoms with E-state index in [0.29, 0.717) is 32.6 Å². The molecule has 0 spiro atoms. The molecule has 8 nitrogen and oxygen atoms in total. The minimum absolute atomic E-state index is 0.00979. The average Bonchev–Trinajstić information content (AvgIpc) is 2.91. The topological polar surface area (TPSA) is 102 Å². The quantitative estimate of drug-likeness (QED) is 0.347. The van der Waals surface area contributed by atoms with Crippen LogP contribution >= 0.6 is 23.2 Å². The molecule has 1 saturated heterocycles. The standard InChI is InChI=1S/C28H30Cl2N4O4/c29-23-17-20(27(36)37)18-24(30)26(23)32-28(38)34-15-13-33(14-16-34)22-11-9-21(10-12-22)31-25(35)8-4-7-19-5-2-1-3-6-19/h2,5-6,9-12,17-18H,1,3-4,7-8,13-16H2,(H,31,35)(H,32,38)(H,36,37). The van der Waals surface area contributed by atoms with Gasteiger partial charge in [0.25, 0.3) is 0 Å². The van der Waals surface area contributed by atoms with Crippen molar-refractivity contribution in [2.45, 2.75) is 32.1 Å². The van der Waals surface area contributed by atoms with Gasteiger partial charge in [0.1, 0.15) is 0 Å².